The van der Waals surface area contributed by atoms with E-state index in [2.05, 4.69) is 36.5 Å². The Morgan fingerprint density at radius 3 is 2.53 bits per heavy atom. The van der Waals surface area contributed by atoms with Crippen LogP contribution in [0.5, 0.6) is 0 Å². The lowest BCUT2D eigenvalue weighted by molar-refractivity contribution is 0.199. The first kappa shape index (κ1) is 12.6. The summed E-state index contributed by atoms with van der Waals surface area (Å²) < 4.78 is 5.28. The van der Waals surface area contributed by atoms with Gasteiger partial charge >= 0.3 is 0 Å². The standard InChI is InChI=1S/C12H19NOS/c1-3-13-9-11-5-7-12(8-6-11)15-10-14-4-2/h5-8,13H,3-4,9-10H2,1-2H3. The molecule has 0 saturated heterocycles. The van der Waals surface area contributed by atoms with E-state index in [0.717, 1.165) is 25.6 Å². The third-order valence-electron chi connectivity index (χ3n) is 2.02. The molecule has 0 aromatic heterocycles. The fourth-order valence-electron chi connectivity index (χ4n) is 1.17. The molecule has 0 aliphatic rings. The molecule has 1 aromatic rings. The molecule has 0 unspecified atom stereocenters. The summed E-state index contributed by atoms with van der Waals surface area (Å²) in [4.78, 5) is 1.27. The van der Waals surface area contributed by atoms with Gasteiger partial charge in [-0.3, -0.25) is 0 Å². The molecule has 0 heterocycles. The Kier molecular flexibility index (Phi) is 6.48. The zero-order chi connectivity index (χ0) is 10.9. The zero-order valence-electron chi connectivity index (χ0n) is 9.45. The highest BCUT2D eigenvalue weighted by atomic mass is 32.2. The number of thioether (sulfide) groups is 1. The molecular formula is C12H19NOS. The molecule has 2 nitrogen and oxygen atoms in total. The highest BCUT2D eigenvalue weighted by molar-refractivity contribution is 7.99. The van der Waals surface area contributed by atoms with Gasteiger partial charge in [0.25, 0.3) is 0 Å². The van der Waals surface area contributed by atoms with Gasteiger partial charge in [-0.15, -0.1) is 0 Å². The van der Waals surface area contributed by atoms with Gasteiger partial charge in [0.05, 0.1) is 5.94 Å². The first-order chi connectivity index (χ1) is 7.36. The van der Waals surface area contributed by atoms with E-state index in [1.807, 2.05) is 6.92 Å². The van der Waals surface area contributed by atoms with Gasteiger partial charge in [0, 0.05) is 18.0 Å². The van der Waals surface area contributed by atoms with Gasteiger partial charge < -0.3 is 10.1 Å². The van der Waals surface area contributed by atoms with Crippen molar-refractivity contribution in [1.82, 2.24) is 5.32 Å². The van der Waals surface area contributed by atoms with Crippen molar-refractivity contribution < 1.29 is 4.74 Å². The lowest BCUT2D eigenvalue weighted by atomic mass is 10.2. The van der Waals surface area contributed by atoms with Crippen LogP contribution in [0.25, 0.3) is 0 Å². The first-order valence-corrected chi connectivity index (χ1v) is 6.35. The average Bonchev–Trinajstić information content (AvgIpc) is 2.28. The minimum Gasteiger partial charge on any atom is -0.371 e. The summed E-state index contributed by atoms with van der Waals surface area (Å²) in [5.74, 6) is 0.739. The lowest BCUT2D eigenvalue weighted by Crippen LogP contribution is -2.11. The molecule has 1 rings (SSSR count). The third kappa shape index (κ3) is 5.21. The maximum absolute atomic E-state index is 5.28. The topological polar surface area (TPSA) is 21.3 Å². The van der Waals surface area contributed by atoms with E-state index in [9.17, 15) is 0 Å². The Balaban J connectivity index is 2.35. The molecule has 0 aliphatic carbocycles. The Labute approximate surface area is 96.4 Å². The SMILES string of the molecule is CCNCc1ccc(SCOCC)cc1. The van der Waals surface area contributed by atoms with Crippen molar-refractivity contribution >= 4 is 11.8 Å². The van der Waals surface area contributed by atoms with Gasteiger partial charge in [-0.25, -0.2) is 0 Å². The van der Waals surface area contributed by atoms with Gasteiger partial charge in [0.1, 0.15) is 0 Å². The van der Waals surface area contributed by atoms with Gasteiger partial charge in [-0.05, 0) is 31.2 Å². The number of rotatable bonds is 7. The second-order valence-electron chi connectivity index (χ2n) is 3.18. The van der Waals surface area contributed by atoms with E-state index < -0.39 is 0 Å². The van der Waals surface area contributed by atoms with Crippen molar-refractivity contribution in [3.05, 3.63) is 29.8 Å². The van der Waals surface area contributed by atoms with Crippen LogP contribution in [0, 0.1) is 0 Å². The summed E-state index contributed by atoms with van der Waals surface area (Å²) in [5.41, 5.74) is 1.33. The Morgan fingerprint density at radius 2 is 1.93 bits per heavy atom. The van der Waals surface area contributed by atoms with Crippen LogP contribution in [0.4, 0.5) is 0 Å². The zero-order valence-corrected chi connectivity index (χ0v) is 10.3. The molecule has 0 spiro atoms. The minimum atomic E-state index is 0.739. The number of benzene rings is 1. The minimum absolute atomic E-state index is 0.739. The lowest BCUT2D eigenvalue weighted by Gasteiger charge is -2.04. The van der Waals surface area contributed by atoms with E-state index in [1.165, 1.54) is 10.5 Å². The van der Waals surface area contributed by atoms with Crippen molar-refractivity contribution in [2.45, 2.75) is 25.3 Å². The third-order valence-corrected chi connectivity index (χ3v) is 2.91. The normalized spacial score (nSPS) is 10.5. The van der Waals surface area contributed by atoms with Crippen LogP contribution in [0.1, 0.15) is 19.4 Å². The van der Waals surface area contributed by atoms with Crippen LogP contribution in [-0.4, -0.2) is 19.1 Å². The van der Waals surface area contributed by atoms with Crippen molar-refractivity contribution in [2.24, 2.45) is 0 Å². The van der Waals surface area contributed by atoms with Gasteiger partial charge in [-0.1, -0.05) is 30.8 Å². The second kappa shape index (κ2) is 7.74. The molecule has 0 radical (unpaired) electrons. The monoisotopic (exact) mass is 225 g/mol. The molecule has 15 heavy (non-hydrogen) atoms. The molecule has 0 bridgehead atoms. The van der Waals surface area contributed by atoms with Crippen molar-refractivity contribution in [3.63, 3.8) is 0 Å². The molecule has 1 N–H and O–H groups in total. The predicted octanol–water partition coefficient (Wildman–Crippen LogP) is 2.88. The van der Waals surface area contributed by atoms with Crippen LogP contribution in [0.15, 0.2) is 29.2 Å². The van der Waals surface area contributed by atoms with E-state index in [4.69, 9.17) is 4.74 Å². The van der Waals surface area contributed by atoms with Crippen LogP contribution in [-0.2, 0) is 11.3 Å². The van der Waals surface area contributed by atoms with Crippen LogP contribution in [0.3, 0.4) is 0 Å². The number of ether oxygens (including phenoxy) is 1. The highest BCUT2D eigenvalue weighted by Crippen LogP contribution is 2.18. The number of nitrogens with one attached hydrogen (secondary N) is 1. The predicted molar refractivity (Wildman–Crippen MR) is 66.2 cm³/mol. The number of hydrogen-bond acceptors (Lipinski definition) is 3. The van der Waals surface area contributed by atoms with Gasteiger partial charge in [0.15, 0.2) is 0 Å². The largest absolute Gasteiger partial charge is 0.371 e. The molecule has 0 atom stereocenters. The van der Waals surface area contributed by atoms with E-state index >= 15 is 0 Å². The van der Waals surface area contributed by atoms with Crippen LogP contribution in [0.2, 0.25) is 0 Å². The molecule has 3 heteroatoms. The first-order valence-electron chi connectivity index (χ1n) is 5.37. The van der Waals surface area contributed by atoms with Crippen LogP contribution < -0.4 is 5.32 Å². The fourth-order valence-corrected chi connectivity index (χ4v) is 1.88. The Bertz CT molecular complexity index is 261. The molecule has 0 saturated carbocycles. The van der Waals surface area contributed by atoms with Crippen molar-refractivity contribution in [1.29, 1.82) is 0 Å². The Morgan fingerprint density at radius 1 is 1.20 bits per heavy atom. The smallest absolute Gasteiger partial charge is 0.0966 e. The summed E-state index contributed by atoms with van der Waals surface area (Å²) in [7, 11) is 0. The second-order valence-corrected chi connectivity index (χ2v) is 4.18. The van der Waals surface area contributed by atoms with Crippen LogP contribution >= 0.6 is 11.8 Å². The van der Waals surface area contributed by atoms with Crippen molar-refractivity contribution in [3.8, 4) is 0 Å². The fraction of sp³-hybridized carbons (Fsp3) is 0.500. The molecule has 84 valence electrons. The maximum atomic E-state index is 5.28. The summed E-state index contributed by atoms with van der Waals surface area (Å²) in [6, 6.07) is 8.63. The maximum Gasteiger partial charge on any atom is 0.0966 e. The molecule has 1 aromatic carbocycles. The number of hydrogen-bond donors (Lipinski definition) is 1. The molecule has 0 fully saturated rings. The average molecular weight is 225 g/mol. The summed E-state index contributed by atoms with van der Waals surface area (Å²) >= 11 is 1.73. The quantitative estimate of drug-likeness (QED) is 0.438. The van der Waals surface area contributed by atoms with Crippen molar-refractivity contribution in [2.75, 3.05) is 19.1 Å². The Hall–Kier alpha value is -0.510. The molecule has 0 amide bonds. The van der Waals surface area contributed by atoms with E-state index in [-0.39, 0.29) is 0 Å². The molecular weight excluding hydrogens is 206 g/mol. The van der Waals surface area contributed by atoms with Gasteiger partial charge in [0.2, 0.25) is 0 Å². The van der Waals surface area contributed by atoms with E-state index in [1.54, 1.807) is 11.8 Å². The summed E-state index contributed by atoms with van der Waals surface area (Å²) in [6.07, 6.45) is 0. The summed E-state index contributed by atoms with van der Waals surface area (Å²) in [5, 5.41) is 3.30. The highest BCUT2D eigenvalue weighted by Gasteiger charge is 1.95. The molecule has 0 aliphatic heterocycles. The van der Waals surface area contributed by atoms with Gasteiger partial charge in [-0.2, -0.15) is 0 Å². The van der Waals surface area contributed by atoms with E-state index in [0.29, 0.717) is 0 Å². The summed E-state index contributed by atoms with van der Waals surface area (Å²) in [6.45, 7) is 6.88.